The molecule has 0 saturated heterocycles. The van der Waals surface area contributed by atoms with E-state index < -0.39 is 0 Å². The van der Waals surface area contributed by atoms with Crippen molar-refractivity contribution < 1.29 is 5.11 Å². The van der Waals surface area contributed by atoms with Crippen LogP contribution in [0.4, 0.5) is 0 Å². The molecule has 0 aliphatic heterocycles. The van der Waals surface area contributed by atoms with Gasteiger partial charge in [-0.25, -0.2) is 0 Å². The van der Waals surface area contributed by atoms with Crippen LogP contribution in [-0.2, 0) is 0 Å². The Hall–Kier alpha value is -0.0800. The van der Waals surface area contributed by atoms with Crippen LogP contribution in [0.5, 0.6) is 0 Å². The van der Waals surface area contributed by atoms with Gasteiger partial charge in [-0.1, -0.05) is 12.8 Å². The average Bonchev–Trinajstić information content (AvgIpc) is 2.37. The van der Waals surface area contributed by atoms with Crippen LogP contribution in [0.25, 0.3) is 0 Å². The van der Waals surface area contributed by atoms with E-state index in [1.165, 1.54) is 25.7 Å². The van der Waals surface area contributed by atoms with Crippen LogP contribution in [0.3, 0.4) is 0 Å². The Balaban J connectivity index is 2.24. The summed E-state index contributed by atoms with van der Waals surface area (Å²) >= 11 is 0. The minimum absolute atomic E-state index is 0.0486. The lowest BCUT2D eigenvalue weighted by Gasteiger charge is -2.14. The molecule has 0 heterocycles. The topological polar surface area (TPSA) is 46.2 Å². The van der Waals surface area contributed by atoms with Gasteiger partial charge < -0.3 is 10.8 Å². The summed E-state index contributed by atoms with van der Waals surface area (Å²) < 4.78 is 0. The van der Waals surface area contributed by atoms with Gasteiger partial charge in [-0.2, -0.15) is 0 Å². The van der Waals surface area contributed by atoms with E-state index in [2.05, 4.69) is 0 Å². The second-order valence-corrected chi connectivity index (χ2v) is 2.89. The van der Waals surface area contributed by atoms with Crippen LogP contribution in [0, 0.1) is 5.92 Å². The lowest BCUT2D eigenvalue weighted by atomic mass is 10.0. The van der Waals surface area contributed by atoms with Crippen molar-refractivity contribution in [2.24, 2.45) is 11.7 Å². The molecule has 1 fully saturated rings. The van der Waals surface area contributed by atoms with E-state index in [0.29, 0.717) is 5.92 Å². The van der Waals surface area contributed by atoms with Gasteiger partial charge in [-0.3, -0.25) is 0 Å². The van der Waals surface area contributed by atoms with E-state index in [4.69, 9.17) is 10.8 Å². The standard InChI is InChI=1S/C7H15NO/c8-7(5-9)6-3-1-2-4-6/h6-7,9H,1-5,8H2. The van der Waals surface area contributed by atoms with Gasteiger partial charge in [0.25, 0.3) is 0 Å². The second kappa shape index (κ2) is 3.18. The zero-order valence-electron chi connectivity index (χ0n) is 5.71. The third-order valence-corrected chi connectivity index (χ3v) is 2.22. The van der Waals surface area contributed by atoms with Gasteiger partial charge in [-0.15, -0.1) is 0 Å². The molecule has 1 aliphatic carbocycles. The largest absolute Gasteiger partial charge is 0.395 e. The van der Waals surface area contributed by atoms with E-state index in [0.717, 1.165) is 0 Å². The van der Waals surface area contributed by atoms with Crippen molar-refractivity contribution in [3.63, 3.8) is 0 Å². The van der Waals surface area contributed by atoms with Crippen LogP contribution < -0.4 is 5.73 Å². The Kier molecular flexibility index (Phi) is 2.49. The number of hydrogen-bond donors (Lipinski definition) is 2. The lowest BCUT2D eigenvalue weighted by Crippen LogP contribution is -2.31. The van der Waals surface area contributed by atoms with E-state index >= 15 is 0 Å². The normalized spacial score (nSPS) is 24.7. The number of hydrogen-bond acceptors (Lipinski definition) is 2. The first-order valence-electron chi connectivity index (χ1n) is 3.71. The fourth-order valence-corrected chi connectivity index (χ4v) is 1.53. The maximum absolute atomic E-state index is 8.67. The summed E-state index contributed by atoms with van der Waals surface area (Å²) in [5.41, 5.74) is 5.63. The van der Waals surface area contributed by atoms with Crippen LogP contribution in [0.2, 0.25) is 0 Å². The van der Waals surface area contributed by atoms with Gasteiger partial charge in [0.15, 0.2) is 0 Å². The third kappa shape index (κ3) is 1.66. The van der Waals surface area contributed by atoms with E-state index in [1.807, 2.05) is 0 Å². The van der Waals surface area contributed by atoms with Crippen LogP contribution in [0.15, 0.2) is 0 Å². The molecule has 2 nitrogen and oxygen atoms in total. The van der Waals surface area contributed by atoms with Gasteiger partial charge >= 0.3 is 0 Å². The zero-order chi connectivity index (χ0) is 6.69. The summed E-state index contributed by atoms with van der Waals surface area (Å²) in [6.07, 6.45) is 5.06. The number of aliphatic hydroxyl groups excluding tert-OH is 1. The fourth-order valence-electron chi connectivity index (χ4n) is 1.53. The van der Waals surface area contributed by atoms with Crippen molar-refractivity contribution in [1.82, 2.24) is 0 Å². The van der Waals surface area contributed by atoms with Gasteiger partial charge in [0.2, 0.25) is 0 Å². The molecule has 0 aromatic rings. The van der Waals surface area contributed by atoms with Gasteiger partial charge in [0.05, 0.1) is 6.61 Å². The summed E-state index contributed by atoms with van der Waals surface area (Å²) in [6, 6.07) is 0.0486. The molecule has 1 aliphatic rings. The highest BCUT2D eigenvalue weighted by Gasteiger charge is 2.20. The number of rotatable bonds is 2. The first kappa shape index (κ1) is 7.03. The van der Waals surface area contributed by atoms with Crippen molar-refractivity contribution in [2.75, 3.05) is 6.61 Å². The van der Waals surface area contributed by atoms with Gasteiger partial charge in [0, 0.05) is 6.04 Å². The third-order valence-electron chi connectivity index (χ3n) is 2.22. The van der Waals surface area contributed by atoms with Gasteiger partial charge in [-0.05, 0) is 18.8 Å². The van der Waals surface area contributed by atoms with Crippen LogP contribution in [-0.4, -0.2) is 17.8 Å². The van der Waals surface area contributed by atoms with Crippen LogP contribution in [0.1, 0.15) is 25.7 Å². The Morgan fingerprint density at radius 3 is 2.44 bits per heavy atom. The molecule has 9 heavy (non-hydrogen) atoms. The van der Waals surface area contributed by atoms with Crippen molar-refractivity contribution >= 4 is 0 Å². The first-order chi connectivity index (χ1) is 4.34. The molecule has 0 radical (unpaired) electrons. The summed E-state index contributed by atoms with van der Waals surface area (Å²) in [6.45, 7) is 0.157. The maximum atomic E-state index is 8.67. The fraction of sp³-hybridized carbons (Fsp3) is 1.00. The molecule has 1 rings (SSSR count). The molecule has 0 amide bonds. The predicted molar refractivity (Wildman–Crippen MR) is 37.0 cm³/mol. The highest BCUT2D eigenvalue weighted by molar-refractivity contribution is 4.76. The second-order valence-electron chi connectivity index (χ2n) is 2.89. The minimum atomic E-state index is 0.0486. The molecule has 0 aromatic heterocycles. The van der Waals surface area contributed by atoms with Crippen molar-refractivity contribution in [3.05, 3.63) is 0 Å². The summed E-state index contributed by atoms with van der Waals surface area (Å²) in [5.74, 6) is 0.606. The quantitative estimate of drug-likeness (QED) is 0.570. The maximum Gasteiger partial charge on any atom is 0.0585 e. The van der Waals surface area contributed by atoms with Gasteiger partial charge in [0.1, 0.15) is 0 Å². The molecule has 3 N–H and O–H groups in total. The molecule has 2 heteroatoms. The van der Waals surface area contributed by atoms with E-state index in [-0.39, 0.29) is 12.6 Å². The molecule has 0 aromatic carbocycles. The Morgan fingerprint density at radius 2 is 2.00 bits per heavy atom. The highest BCUT2D eigenvalue weighted by Crippen LogP contribution is 2.26. The zero-order valence-corrected chi connectivity index (χ0v) is 5.71. The van der Waals surface area contributed by atoms with Crippen LogP contribution >= 0.6 is 0 Å². The Bertz CT molecular complexity index is 79.0. The molecular formula is C7H15NO. The molecule has 1 atom stereocenters. The lowest BCUT2D eigenvalue weighted by molar-refractivity contribution is 0.227. The predicted octanol–water partition coefficient (Wildman–Crippen LogP) is 0.496. The number of nitrogens with two attached hydrogens (primary N) is 1. The van der Waals surface area contributed by atoms with Crippen molar-refractivity contribution in [2.45, 2.75) is 31.7 Å². The molecule has 0 bridgehead atoms. The monoisotopic (exact) mass is 129 g/mol. The summed E-state index contributed by atoms with van der Waals surface area (Å²) in [5, 5.41) is 8.67. The molecule has 1 unspecified atom stereocenters. The average molecular weight is 129 g/mol. The smallest absolute Gasteiger partial charge is 0.0585 e. The molecule has 0 spiro atoms. The SMILES string of the molecule is NC(CO)C1CCCC1. The number of aliphatic hydroxyl groups is 1. The van der Waals surface area contributed by atoms with E-state index in [9.17, 15) is 0 Å². The summed E-state index contributed by atoms with van der Waals surface area (Å²) in [7, 11) is 0. The molecule has 1 saturated carbocycles. The highest BCUT2D eigenvalue weighted by atomic mass is 16.3. The molecular weight excluding hydrogens is 114 g/mol. The minimum Gasteiger partial charge on any atom is -0.395 e. The Morgan fingerprint density at radius 1 is 1.44 bits per heavy atom. The first-order valence-corrected chi connectivity index (χ1v) is 3.71. The molecule has 54 valence electrons. The van der Waals surface area contributed by atoms with Crippen molar-refractivity contribution in [1.29, 1.82) is 0 Å². The van der Waals surface area contributed by atoms with E-state index in [1.54, 1.807) is 0 Å². The Labute approximate surface area is 56.1 Å². The van der Waals surface area contributed by atoms with Crippen molar-refractivity contribution in [3.8, 4) is 0 Å². The summed E-state index contributed by atoms with van der Waals surface area (Å²) in [4.78, 5) is 0.